The Labute approximate surface area is 284 Å². The van der Waals surface area contributed by atoms with Gasteiger partial charge in [0.1, 0.15) is 15.7 Å². The molecule has 0 saturated heterocycles. The van der Waals surface area contributed by atoms with Crippen molar-refractivity contribution in [1.82, 2.24) is 10.0 Å². The molecule has 2 fully saturated rings. The van der Waals surface area contributed by atoms with E-state index in [2.05, 4.69) is 43.6 Å². The molecule has 2 aliphatic carbocycles. The van der Waals surface area contributed by atoms with Crippen molar-refractivity contribution in [3.8, 4) is 5.75 Å². The van der Waals surface area contributed by atoms with Crippen molar-refractivity contribution in [2.45, 2.75) is 70.9 Å². The summed E-state index contributed by atoms with van der Waals surface area (Å²) in [5.41, 5.74) is 3.51. The normalized spacial score (nSPS) is 29.0. The number of amides is 3. The summed E-state index contributed by atoms with van der Waals surface area (Å²) in [6.07, 6.45) is 11.8. The number of halogens is 1. The molecule has 3 amide bonds. The molecule has 2 bridgehead atoms. The Morgan fingerprint density at radius 1 is 1.13 bits per heavy atom. The molecule has 11 heteroatoms. The van der Waals surface area contributed by atoms with Gasteiger partial charge in [-0.25, -0.2) is 9.00 Å². The van der Waals surface area contributed by atoms with Gasteiger partial charge in [0.2, 0.25) is 0 Å². The molecule has 47 heavy (non-hydrogen) atoms. The number of fused-ring (bicyclic) bond motifs is 3. The number of hydrogen-bond donors (Lipinski definition) is 2. The number of anilines is 1. The summed E-state index contributed by atoms with van der Waals surface area (Å²) < 4.78 is 33.5. The number of nitrogens with one attached hydrogen (secondary N) is 2. The monoisotopic (exact) mass is 682 g/mol. The molecule has 6 rings (SSSR count). The molecule has 2 heterocycles. The maximum Gasteiger partial charge on any atom is 0.327 e. The van der Waals surface area contributed by atoms with E-state index in [0.717, 1.165) is 62.2 Å². The molecule has 2 N–H and O–H groups in total. The lowest BCUT2D eigenvalue weighted by atomic mass is 9.70. The van der Waals surface area contributed by atoms with Crippen LogP contribution in [0.15, 0.2) is 52.9 Å². The Morgan fingerprint density at radius 2 is 1.98 bits per heavy atom. The molecule has 2 aliphatic heterocycles. The number of urea groups is 1. The van der Waals surface area contributed by atoms with Crippen LogP contribution in [0.2, 0.25) is 5.02 Å². The van der Waals surface area contributed by atoms with E-state index in [0.29, 0.717) is 55.2 Å². The molecular weight excluding hydrogens is 636 g/mol. The minimum Gasteiger partial charge on any atom is -0.491 e. The fourth-order valence-corrected chi connectivity index (χ4v) is 8.96. The molecule has 2 aromatic rings. The minimum absolute atomic E-state index is 0.0448. The van der Waals surface area contributed by atoms with E-state index in [4.69, 9.17) is 21.1 Å². The number of benzene rings is 2. The van der Waals surface area contributed by atoms with E-state index in [9.17, 15) is 13.8 Å². The first-order valence-electron chi connectivity index (χ1n) is 17.0. The summed E-state index contributed by atoms with van der Waals surface area (Å²) in [5, 5.41) is 3.53. The van der Waals surface area contributed by atoms with E-state index in [-0.39, 0.29) is 17.8 Å². The van der Waals surface area contributed by atoms with Crippen LogP contribution >= 0.6 is 11.6 Å². The lowest BCUT2D eigenvalue weighted by molar-refractivity contribution is 0.0133. The van der Waals surface area contributed by atoms with E-state index in [1.807, 2.05) is 25.1 Å². The number of aryl methyl sites for hydroxylation is 1. The zero-order valence-electron chi connectivity index (χ0n) is 27.4. The number of ether oxygens (including phenoxy) is 2. The number of hydrogen-bond acceptors (Lipinski definition) is 6. The molecule has 2 aromatic carbocycles. The van der Waals surface area contributed by atoms with Gasteiger partial charge >= 0.3 is 6.03 Å². The molecule has 4 aliphatic rings. The maximum absolute atomic E-state index is 14.3. The lowest BCUT2D eigenvalue weighted by Crippen LogP contribution is -2.43. The number of carbonyl (C=O) groups is 2. The van der Waals surface area contributed by atoms with Gasteiger partial charge in [0.25, 0.3) is 5.91 Å². The smallest absolute Gasteiger partial charge is 0.327 e. The third-order valence-corrected chi connectivity index (χ3v) is 12.1. The molecule has 0 radical (unpaired) electrons. The van der Waals surface area contributed by atoms with Gasteiger partial charge in [-0.05, 0) is 116 Å². The lowest BCUT2D eigenvalue weighted by Gasteiger charge is -2.43. The minimum atomic E-state index is -3.44. The highest BCUT2D eigenvalue weighted by Crippen LogP contribution is 2.42. The molecule has 0 unspecified atom stereocenters. The van der Waals surface area contributed by atoms with Crippen LogP contribution in [-0.4, -0.2) is 54.8 Å². The van der Waals surface area contributed by atoms with Crippen molar-refractivity contribution < 1.29 is 23.3 Å². The molecule has 5 atom stereocenters. The first kappa shape index (κ1) is 33.8. The predicted octanol–water partition coefficient (Wildman–Crippen LogP) is 6.93. The number of carbonyl (C=O) groups excluding carboxylic acids is 2. The Bertz CT molecular complexity index is 1620. The van der Waals surface area contributed by atoms with Crippen LogP contribution in [0.4, 0.5) is 10.5 Å². The van der Waals surface area contributed by atoms with Gasteiger partial charge in [0.05, 0.1) is 24.2 Å². The third-order valence-electron chi connectivity index (χ3n) is 9.90. The quantitative estimate of drug-likeness (QED) is 0.339. The molecule has 2 saturated carbocycles. The van der Waals surface area contributed by atoms with Crippen molar-refractivity contribution in [3.05, 3.63) is 70.3 Å². The molecule has 9 nitrogen and oxygen atoms in total. The summed E-state index contributed by atoms with van der Waals surface area (Å²) in [7, 11) is -1.67. The van der Waals surface area contributed by atoms with E-state index in [1.165, 1.54) is 11.1 Å². The fourth-order valence-electron chi connectivity index (χ4n) is 6.91. The van der Waals surface area contributed by atoms with Gasteiger partial charge in [-0.1, -0.05) is 36.7 Å². The second-order valence-corrected chi connectivity index (χ2v) is 16.1. The average Bonchev–Trinajstić information content (AvgIpc) is 3.85. The molecule has 0 aromatic heterocycles. The van der Waals surface area contributed by atoms with Gasteiger partial charge < -0.3 is 19.7 Å². The van der Waals surface area contributed by atoms with Crippen molar-refractivity contribution in [2.24, 2.45) is 28.0 Å². The Hall–Kier alpha value is -3.08. The summed E-state index contributed by atoms with van der Waals surface area (Å²) in [5.74, 6) is 1.19. The number of allylic oxidation sites excluding steroid dienone is 1. The molecular formula is C36H47ClN4O5S. The highest BCUT2D eigenvalue weighted by Gasteiger charge is 2.38. The van der Waals surface area contributed by atoms with E-state index < -0.39 is 21.9 Å². The van der Waals surface area contributed by atoms with Crippen LogP contribution < -0.4 is 19.7 Å². The van der Waals surface area contributed by atoms with Crippen LogP contribution in [0, 0.1) is 23.7 Å². The van der Waals surface area contributed by atoms with Gasteiger partial charge in [-0.3, -0.25) is 9.52 Å². The summed E-state index contributed by atoms with van der Waals surface area (Å²) >= 11 is 6.45. The highest BCUT2D eigenvalue weighted by molar-refractivity contribution is 7.92. The van der Waals surface area contributed by atoms with Gasteiger partial charge in [-0.2, -0.15) is 0 Å². The number of rotatable bonds is 4. The van der Waals surface area contributed by atoms with Gasteiger partial charge in [-0.15, -0.1) is 4.36 Å². The van der Waals surface area contributed by atoms with Gasteiger partial charge in [0, 0.05) is 37.3 Å². The van der Waals surface area contributed by atoms with Crippen LogP contribution in [-0.2, 0) is 27.6 Å². The third kappa shape index (κ3) is 8.69. The van der Waals surface area contributed by atoms with Crippen LogP contribution in [0.1, 0.15) is 73.4 Å². The first-order valence-corrected chi connectivity index (χ1v) is 19.1. The molecule has 0 spiro atoms. The van der Waals surface area contributed by atoms with Gasteiger partial charge in [0.15, 0.2) is 0 Å². The van der Waals surface area contributed by atoms with Crippen molar-refractivity contribution in [2.75, 3.05) is 37.5 Å². The number of nitrogens with zero attached hydrogens (tertiary/aromatic N) is 2. The van der Waals surface area contributed by atoms with Crippen LogP contribution in [0.3, 0.4) is 0 Å². The Kier molecular flexibility index (Phi) is 10.8. The first-order chi connectivity index (χ1) is 22.7. The number of methoxy groups -OCH3 is 1. The Morgan fingerprint density at radius 3 is 2.74 bits per heavy atom. The summed E-state index contributed by atoms with van der Waals surface area (Å²) in [4.78, 5) is 29.0. The Balaban J connectivity index is 1.42. The predicted molar refractivity (Wildman–Crippen MR) is 186 cm³/mol. The SMILES string of the molecule is CO[C@H]1/C=C/C[C@H](C)C[S@@](=O)(NC(=O)NCC2CC2)=NC(=O)c2ccc3c(c2)N(Cc2ccc(Cl)cc2CCCCO3)C[C@@H]2CC[C@H]21. The summed E-state index contributed by atoms with van der Waals surface area (Å²) in [6, 6.07) is 10.9. The van der Waals surface area contributed by atoms with E-state index >= 15 is 0 Å². The zero-order valence-corrected chi connectivity index (χ0v) is 29.0. The topological polar surface area (TPSA) is 109 Å². The maximum atomic E-state index is 14.3. The van der Waals surface area contributed by atoms with Crippen molar-refractivity contribution in [1.29, 1.82) is 0 Å². The van der Waals surface area contributed by atoms with E-state index in [1.54, 1.807) is 13.2 Å². The highest BCUT2D eigenvalue weighted by atomic mass is 35.5. The average molecular weight is 683 g/mol. The van der Waals surface area contributed by atoms with Crippen LogP contribution in [0.25, 0.3) is 0 Å². The largest absolute Gasteiger partial charge is 0.491 e. The fraction of sp³-hybridized carbons (Fsp3) is 0.556. The van der Waals surface area contributed by atoms with Crippen LogP contribution in [0.5, 0.6) is 5.75 Å². The zero-order chi connectivity index (χ0) is 33.0. The second kappa shape index (κ2) is 15.0. The standard InChI is InChI=1S/C36H47ClN4O5S/c1-24-6-5-8-33(45-2)31-15-12-29(31)22-41-21-28-11-14-30(37)18-26(28)7-3-4-17-46-34-16-13-27(19-32(34)41)35(42)39-47(44,23-24)40-36(43)38-20-25-9-10-25/h5,8,11,13-14,16,18-19,24-25,29,31,33H,3-4,6-7,9-10,12,15,17,20-23H2,1-2H3,(H2,38,39,40,42,43,44)/b8-5+/t24-,29-,31+,33-,47-/m0/s1. The molecule has 254 valence electrons. The summed E-state index contributed by atoms with van der Waals surface area (Å²) in [6.45, 7) is 4.39. The second-order valence-electron chi connectivity index (χ2n) is 13.7. The van der Waals surface area contributed by atoms with Crippen molar-refractivity contribution >= 4 is 39.1 Å². The van der Waals surface area contributed by atoms with Crippen molar-refractivity contribution in [3.63, 3.8) is 0 Å².